The maximum atomic E-state index is 14.2. The van der Waals surface area contributed by atoms with Gasteiger partial charge in [-0.1, -0.05) is 100 Å². The van der Waals surface area contributed by atoms with Gasteiger partial charge in [0.1, 0.15) is 10.7 Å². The average Bonchev–Trinajstić information content (AvgIpc) is 3.50. The van der Waals surface area contributed by atoms with E-state index in [1.165, 1.54) is 11.3 Å². The first-order valence-corrected chi connectivity index (χ1v) is 16.0. The average molecular weight is 677 g/mol. The molecule has 1 fully saturated rings. The van der Waals surface area contributed by atoms with Crippen molar-refractivity contribution in [3.8, 4) is 27.6 Å². The van der Waals surface area contributed by atoms with E-state index >= 15 is 0 Å². The SMILES string of the molecule is O=C(Nc1ccccc1)c1c(-c2nnc(C3(c4ccc(Cl)cc4)CC3)s2)nn(-c2ccc(Cl)cc2Cl)c1-c1ccc(Cl)cc1. The van der Waals surface area contributed by atoms with Gasteiger partial charge in [0.2, 0.25) is 0 Å². The number of aromatic nitrogens is 4. The van der Waals surface area contributed by atoms with E-state index in [0.717, 1.165) is 23.4 Å². The molecule has 0 bridgehead atoms. The number of para-hydroxylation sites is 1. The summed E-state index contributed by atoms with van der Waals surface area (Å²) in [5, 5.41) is 20.7. The lowest BCUT2D eigenvalue weighted by molar-refractivity contribution is 0.102. The monoisotopic (exact) mass is 675 g/mol. The minimum absolute atomic E-state index is 0.242. The Kier molecular flexibility index (Phi) is 7.69. The molecule has 2 aromatic heterocycles. The van der Waals surface area contributed by atoms with Crippen LogP contribution >= 0.6 is 57.7 Å². The summed E-state index contributed by atoms with van der Waals surface area (Å²) in [6.45, 7) is 0. The number of anilines is 1. The second-order valence-electron chi connectivity index (χ2n) is 10.4. The zero-order valence-electron chi connectivity index (χ0n) is 22.8. The first kappa shape index (κ1) is 29.0. The van der Waals surface area contributed by atoms with E-state index in [1.54, 1.807) is 35.0 Å². The number of amides is 1. The summed E-state index contributed by atoms with van der Waals surface area (Å²) >= 11 is 26.8. The third-order valence-electron chi connectivity index (χ3n) is 7.58. The molecule has 0 saturated heterocycles. The molecule has 0 atom stereocenters. The Morgan fingerprint density at radius 2 is 1.45 bits per heavy atom. The molecule has 2 heterocycles. The van der Waals surface area contributed by atoms with Gasteiger partial charge in [-0.2, -0.15) is 5.10 Å². The summed E-state index contributed by atoms with van der Waals surface area (Å²) in [5.41, 5.74) is 4.00. The molecule has 6 aromatic rings. The van der Waals surface area contributed by atoms with Gasteiger partial charge >= 0.3 is 0 Å². The van der Waals surface area contributed by atoms with Crippen molar-refractivity contribution in [1.82, 2.24) is 20.0 Å². The van der Waals surface area contributed by atoms with Crippen LogP contribution in [0.25, 0.3) is 27.6 Å². The first-order chi connectivity index (χ1) is 21.3. The van der Waals surface area contributed by atoms with Crippen LogP contribution in [0, 0.1) is 0 Å². The first-order valence-electron chi connectivity index (χ1n) is 13.6. The molecule has 11 heteroatoms. The van der Waals surface area contributed by atoms with Crippen molar-refractivity contribution in [1.29, 1.82) is 0 Å². The number of carbonyl (C=O) groups is 1. The third-order valence-corrected chi connectivity index (χ3v) is 9.76. The van der Waals surface area contributed by atoms with Crippen molar-refractivity contribution in [2.45, 2.75) is 18.3 Å². The largest absolute Gasteiger partial charge is 0.322 e. The lowest BCUT2D eigenvalue weighted by atomic mass is 9.97. The molecule has 4 aromatic carbocycles. The molecule has 1 N–H and O–H groups in total. The van der Waals surface area contributed by atoms with Crippen molar-refractivity contribution in [3.05, 3.63) is 133 Å². The van der Waals surface area contributed by atoms with Gasteiger partial charge in [0.25, 0.3) is 5.91 Å². The number of rotatable bonds is 7. The van der Waals surface area contributed by atoms with Crippen LogP contribution in [-0.4, -0.2) is 25.9 Å². The second-order valence-corrected chi connectivity index (χ2v) is 13.1. The van der Waals surface area contributed by atoms with E-state index in [9.17, 15) is 4.79 Å². The summed E-state index contributed by atoms with van der Waals surface area (Å²) in [6, 6.07) is 29.4. The Hall–Kier alpha value is -3.72. The molecule has 1 aliphatic rings. The molecule has 6 nitrogen and oxygen atoms in total. The number of nitrogens with one attached hydrogen (secondary N) is 1. The number of hydrogen-bond donors (Lipinski definition) is 1. The minimum atomic E-state index is -0.358. The molecule has 7 rings (SSSR count). The summed E-state index contributed by atoms with van der Waals surface area (Å²) < 4.78 is 1.66. The van der Waals surface area contributed by atoms with E-state index in [1.807, 2.05) is 66.7 Å². The topological polar surface area (TPSA) is 72.7 Å². The number of hydrogen-bond acceptors (Lipinski definition) is 5. The number of nitrogens with zero attached hydrogens (tertiary/aromatic N) is 4. The summed E-state index contributed by atoms with van der Waals surface area (Å²) in [4.78, 5) is 14.2. The highest BCUT2D eigenvalue weighted by atomic mass is 35.5. The molecule has 0 spiro atoms. The van der Waals surface area contributed by atoms with Crippen LogP contribution in [0.15, 0.2) is 97.1 Å². The fourth-order valence-corrected chi connectivity index (χ4v) is 7.08. The van der Waals surface area contributed by atoms with Crippen molar-refractivity contribution in [2.75, 3.05) is 5.32 Å². The van der Waals surface area contributed by atoms with E-state index in [4.69, 9.17) is 51.5 Å². The minimum Gasteiger partial charge on any atom is -0.322 e. The van der Waals surface area contributed by atoms with Gasteiger partial charge < -0.3 is 5.32 Å². The molecule has 1 aliphatic carbocycles. The highest BCUT2D eigenvalue weighted by molar-refractivity contribution is 7.14. The molecule has 0 aliphatic heterocycles. The summed E-state index contributed by atoms with van der Waals surface area (Å²) in [7, 11) is 0. The van der Waals surface area contributed by atoms with Gasteiger partial charge in [-0.3, -0.25) is 4.79 Å². The quantitative estimate of drug-likeness (QED) is 0.183. The van der Waals surface area contributed by atoms with Gasteiger partial charge in [-0.15, -0.1) is 10.2 Å². The van der Waals surface area contributed by atoms with Crippen molar-refractivity contribution in [3.63, 3.8) is 0 Å². The lowest BCUT2D eigenvalue weighted by Crippen LogP contribution is -2.14. The molecule has 1 amide bonds. The smallest absolute Gasteiger partial charge is 0.260 e. The summed E-state index contributed by atoms with van der Waals surface area (Å²) in [5.74, 6) is -0.358. The number of halogens is 4. The Bertz CT molecular complexity index is 2000. The Morgan fingerprint density at radius 1 is 0.795 bits per heavy atom. The number of benzene rings is 4. The number of carbonyl (C=O) groups excluding carboxylic acids is 1. The van der Waals surface area contributed by atoms with E-state index < -0.39 is 0 Å². The standard InChI is InChI=1S/C33H21Cl4N5OS/c34-21-10-6-19(7-11-21)29-27(30(43)38-24-4-2-1-3-5-24)28(41-42(29)26-15-14-23(36)18-25(26)37)31-39-40-32(44-31)33(16-17-33)20-8-12-22(35)13-9-20/h1-15,18H,16-17H2,(H,38,43). The van der Waals surface area contributed by atoms with Crippen LogP contribution in [0.2, 0.25) is 20.1 Å². The Labute approximate surface area is 277 Å². The highest BCUT2D eigenvalue weighted by Gasteiger charge is 2.49. The van der Waals surface area contributed by atoms with Crippen LogP contribution in [0.3, 0.4) is 0 Å². The predicted octanol–water partition coefficient (Wildman–Crippen LogP) is 10.0. The fraction of sp³-hybridized carbons (Fsp3) is 0.0909. The second kappa shape index (κ2) is 11.7. The van der Waals surface area contributed by atoms with E-state index in [0.29, 0.717) is 59.0 Å². The molecule has 0 unspecified atom stereocenters. The van der Waals surface area contributed by atoms with Crippen LogP contribution < -0.4 is 5.32 Å². The maximum Gasteiger partial charge on any atom is 0.260 e. The van der Waals surface area contributed by atoms with Crippen molar-refractivity contribution >= 4 is 69.3 Å². The van der Waals surface area contributed by atoms with Gasteiger partial charge in [0, 0.05) is 31.7 Å². The summed E-state index contributed by atoms with van der Waals surface area (Å²) in [6.07, 6.45) is 1.88. The molecule has 1 saturated carbocycles. The van der Waals surface area contributed by atoms with Crippen LogP contribution in [0.4, 0.5) is 5.69 Å². The third kappa shape index (κ3) is 5.40. The Morgan fingerprint density at radius 3 is 2.11 bits per heavy atom. The zero-order valence-corrected chi connectivity index (χ0v) is 26.6. The molecule has 218 valence electrons. The van der Waals surface area contributed by atoms with Crippen LogP contribution in [0.1, 0.15) is 33.8 Å². The maximum absolute atomic E-state index is 14.2. The predicted molar refractivity (Wildman–Crippen MR) is 179 cm³/mol. The van der Waals surface area contributed by atoms with Gasteiger partial charge in [0.05, 0.1) is 22.0 Å². The molecular formula is C33H21Cl4N5OS. The normalized spacial score (nSPS) is 13.5. The van der Waals surface area contributed by atoms with Gasteiger partial charge in [0.15, 0.2) is 5.01 Å². The van der Waals surface area contributed by atoms with E-state index in [2.05, 4.69) is 15.5 Å². The van der Waals surface area contributed by atoms with Gasteiger partial charge in [-0.25, -0.2) is 4.68 Å². The van der Waals surface area contributed by atoms with Crippen molar-refractivity contribution in [2.24, 2.45) is 0 Å². The van der Waals surface area contributed by atoms with Gasteiger partial charge in [-0.05, 0) is 73.0 Å². The van der Waals surface area contributed by atoms with Crippen LogP contribution in [0.5, 0.6) is 0 Å². The zero-order chi connectivity index (χ0) is 30.4. The van der Waals surface area contributed by atoms with Crippen molar-refractivity contribution < 1.29 is 4.79 Å². The highest BCUT2D eigenvalue weighted by Crippen LogP contribution is 2.55. The fourth-order valence-electron chi connectivity index (χ4n) is 5.23. The molecule has 0 radical (unpaired) electrons. The van der Waals surface area contributed by atoms with Crippen LogP contribution in [-0.2, 0) is 5.41 Å². The van der Waals surface area contributed by atoms with E-state index in [-0.39, 0.29) is 11.3 Å². The Balaban J connectivity index is 1.43. The molecule has 44 heavy (non-hydrogen) atoms. The lowest BCUT2D eigenvalue weighted by Gasteiger charge is -2.12. The molecular weight excluding hydrogens is 656 g/mol.